The van der Waals surface area contributed by atoms with Crippen molar-refractivity contribution >= 4 is 29.1 Å². The summed E-state index contributed by atoms with van der Waals surface area (Å²) in [6.07, 6.45) is -0.601. The Bertz CT molecular complexity index is 382. The van der Waals surface area contributed by atoms with Crippen LogP contribution < -0.4 is 10.1 Å². The zero-order valence-electron chi connectivity index (χ0n) is 9.09. The van der Waals surface area contributed by atoms with E-state index in [1.807, 2.05) is 6.92 Å². The van der Waals surface area contributed by atoms with Crippen LogP contribution in [0.25, 0.3) is 0 Å². The number of carbonyl (C=O) groups is 1. The molecule has 0 aliphatic heterocycles. The smallest absolute Gasteiger partial charge is 0.260 e. The van der Waals surface area contributed by atoms with Crippen LogP contribution in [0, 0.1) is 0 Å². The topological polar surface area (TPSA) is 38.3 Å². The highest BCUT2D eigenvalue weighted by atomic mass is 35.5. The molecule has 0 heterocycles. The van der Waals surface area contributed by atoms with Crippen molar-refractivity contribution in [2.45, 2.75) is 20.0 Å². The molecule has 0 unspecified atom stereocenters. The van der Waals surface area contributed by atoms with E-state index in [0.29, 0.717) is 22.3 Å². The summed E-state index contributed by atoms with van der Waals surface area (Å²) in [7, 11) is 0. The van der Waals surface area contributed by atoms with Crippen molar-refractivity contribution in [2.75, 3.05) is 6.54 Å². The molecule has 5 heteroatoms. The van der Waals surface area contributed by atoms with Crippen LogP contribution in [-0.4, -0.2) is 18.6 Å². The molecule has 0 fully saturated rings. The van der Waals surface area contributed by atoms with E-state index in [2.05, 4.69) is 5.32 Å². The van der Waals surface area contributed by atoms with Crippen LogP contribution in [0.1, 0.15) is 13.8 Å². The molecule has 0 saturated heterocycles. The molecule has 0 aromatic heterocycles. The lowest BCUT2D eigenvalue weighted by Crippen LogP contribution is -2.36. The van der Waals surface area contributed by atoms with Crippen LogP contribution in [0.5, 0.6) is 5.75 Å². The van der Waals surface area contributed by atoms with Gasteiger partial charge in [-0.15, -0.1) is 0 Å². The molecule has 0 aliphatic rings. The second-order valence-corrected chi connectivity index (χ2v) is 3.99. The molecule has 1 aromatic rings. The predicted molar refractivity (Wildman–Crippen MR) is 65.2 cm³/mol. The zero-order valence-corrected chi connectivity index (χ0v) is 10.6. The molecule has 1 rings (SSSR count). The summed E-state index contributed by atoms with van der Waals surface area (Å²) in [6, 6.07) is 5.05. The van der Waals surface area contributed by atoms with Gasteiger partial charge in [0.2, 0.25) is 0 Å². The number of nitrogens with one attached hydrogen (secondary N) is 1. The summed E-state index contributed by atoms with van der Waals surface area (Å²) >= 11 is 11.8. The van der Waals surface area contributed by atoms with Crippen molar-refractivity contribution in [3.05, 3.63) is 28.2 Å². The maximum atomic E-state index is 11.4. The molecule has 1 amide bonds. The largest absolute Gasteiger partial charge is 0.479 e. The number of rotatable bonds is 4. The molecule has 88 valence electrons. The molecule has 3 nitrogen and oxygen atoms in total. The third-order valence-electron chi connectivity index (χ3n) is 1.94. The first-order chi connectivity index (χ1) is 7.56. The Balaban J connectivity index is 2.73. The monoisotopic (exact) mass is 261 g/mol. The molecular weight excluding hydrogens is 249 g/mol. The summed E-state index contributed by atoms with van der Waals surface area (Å²) in [5.74, 6) is 0.228. The van der Waals surface area contributed by atoms with E-state index >= 15 is 0 Å². The molecule has 1 atom stereocenters. The maximum Gasteiger partial charge on any atom is 0.260 e. The lowest BCUT2D eigenvalue weighted by molar-refractivity contribution is -0.127. The summed E-state index contributed by atoms with van der Waals surface area (Å²) in [6.45, 7) is 4.06. The van der Waals surface area contributed by atoms with Crippen LogP contribution in [0.15, 0.2) is 18.2 Å². The minimum absolute atomic E-state index is 0.182. The molecule has 0 bridgehead atoms. The van der Waals surface area contributed by atoms with Gasteiger partial charge in [-0.1, -0.05) is 29.3 Å². The van der Waals surface area contributed by atoms with Gasteiger partial charge in [0, 0.05) is 6.54 Å². The Labute approximate surface area is 105 Å². The van der Waals surface area contributed by atoms with Gasteiger partial charge in [-0.25, -0.2) is 0 Å². The lowest BCUT2D eigenvalue weighted by atomic mass is 10.3. The van der Waals surface area contributed by atoms with Gasteiger partial charge in [-0.05, 0) is 26.0 Å². The normalized spacial score (nSPS) is 12.0. The lowest BCUT2D eigenvalue weighted by Gasteiger charge is -2.15. The SMILES string of the molecule is CCNC(=O)[C@@H](C)Oc1cccc(Cl)c1Cl. The number of carbonyl (C=O) groups excluding carboxylic acids is 1. The number of benzene rings is 1. The van der Waals surface area contributed by atoms with E-state index in [0.717, 1.165) is 0 Å². The number of likely N-dealkylation sites (N-methyl/N-ethyl adjacent to an activating group) is 1. The Morgan fingerprint density at radius 2 is 2.19 bits per heavy atom. The molecular formula is C11H13Cl2NO2. The van der Waals surface area contributed by atoms with Crippen molar-refractivity contribution in [1.82, 2.24) is 5.32 Å². The van der Waals surface area contributed by atoms with Crippen molar-refractivity contribution in [3.8, 4) is 5.75 Å². The minimum Gasteiger partial charge on any atom is -0.479 e. The van der Waals surface area contributed by atoms with Gasteiger partial charge in [0.05, 0.1) is 5.02 Å². The number of halogens is 2. The van der Waals surface area contributed by atoms with Gasteiger partial charge < -0.3 is 10.1 Å². The Morgan fingerprint density at radius 3 is 2.81 bits per heavy atom. The maximum absolute atomic E-state index is 11.4. The van der Waals surface area contributed by atoms with Gasteiger partial charge in [-0.2, -0.15) is 0 Å². The third kappa shape index (κ3) is 3.29. The second kappa shape index (κ2) is 5.97. The number of hydrogen-bond acceptors (Lipinski definition) is 2. The summed E-state index contributed by atoms with van der Waals surface area (Å²) in [5.41, 5.74) is 0. The van der Waals surface area contributed by atoms with Crippen LogP contribution in [0.4, 0.5) is 0 Å². The van der Waals surface area contributed by atoms with Crippen molar-refractivity contribution in [2.24, 2.45) is 0 Å². The first-order valence-corrected chi connectivity index (χ1v) is 5.70. The summed E-state index contributed by atoms with van der Waals surface area (Å²) < 4.78 is 5.41. The van der Waals surface area contributed by atoms with Gasteiger partial charge >= 0.3 is 0 Å². The van der Waals surface area contributed by atoms with E-state index in [1.165, 1.54) is 0 Å². The molecule has 0 spiro atoms. The molecule has 16 heavy (non-hydrogen) atoms. The predicted octanol–water partition coefficient (Wildman–Crippen LogP) is 2.90. The van der Waals surface area contributed by atoms with Gasteiger partial charge in [0.1, 0.15) is 10.8 Å². The van der Waals surface area contributed by atoms with E-state index in [4.69, 9.17) is 27.9 Å². The standard InChI is InChI=1S/C11H13Cl2NO2/c1-3-14-11(15)7(2)16-9-6-4-5-8(12)10(9)13/h4-7H,3H2,1-2H3,(H,14,15)/t7-/m1/s1. The third-order valence-corrected chi connectivity index (χ3v) is 2.74. The van der Waals surface area contributed by atoms with E-state index in [9.17, 15) is 4.79 Å². The average Bonchev–Trinajstić information content (AvgIpc) is 2.25. The number of hydrogen-bond donors (Lipinski definition) is 1. The van der Waals surface area contributed by atoms with E-state index < -0.39 is 6.10 Å². The Morgan fingerprint density at radius 1 is 1.50 bits per heavy atom. The highest BCUT2D eigenvalue weighted by molar-refractivity contribution is 6.42. The Hall–Kier alpha value is -0.930. The van der Waals surface area contributed by atoms with E-state index in [-0.39, 0.29) is 5.91 Å². The fourth-order valence-electron chi connectivity index (χ4n) is 1.14. The fraction of sp³-hybridized carbons (Fsp3) is 0.364. The van der Waals surface area contributed by atoms with Crippen LogP contribution in [-0.2, 0) is 4.79 Å². The van der Waals surface area contributed by atoms with Gasteiger partial charge in [0.25, 0.3) is 5.91 Å². The van der Waals surface area contributed by atoms with Gasteiger partial charge in [-0.3, -0.25) is 4.79 Å². The first kappa shape index (κ1) is 13.1. The van der Waals surface area contributed by atoms with Crippen LogP contribution in [0.2, 0.25) is 10.0 Å². The van der Waals surface area contributed by atoms with Crippen LogP contribution in [0.3, 0.4) is 0 Å². The average molecular weight is 262 g/mol. The highest BCUT2D eigenvalue weighted by Crippen LogP contribution is 2.31. The molecule has 0 radical (unpaired) electrons. The molecule has 1 aromatic carbocycles. The number of ether oxygens (including phenoxy) is 1. The minimum atomic E-state index is -0.601. The van der Waals surface area contributed by atoms with E-state index in [1.54, 1.807) is 25.1 Å². The molecule has 0 saturated carbocycles. The quantitative estimate of drug-likeness (QED) is 0.906. The molecule has 1 N–H and O–H groups in total. The van der Waals surface area contributed by atoms with Crippen molar-refractivity contribution in [3.63, 3.8) is 0 Å². The second-order valence-electron chi connectivity index (χ2n) is 3.21. The van der Waals surface area contributed by atoms with Crippen LogP contribution >= 0.6 is 23.2 Å². The van der Waals surface area contributed by atoms with Crippen molar-refractivity contribution < 1.29 is 9.53 Å². The van der Waals surface area contributed by atoms with Gasteiger partial charge in [0.15, 0.2) is 6.10 Å². The zero-order chi connectivity index (χ0) is 12.1. The molecule has 0 aliphatic carbocycles. The first-order valence-electron chi connectivity index (χ1n) is 4.94. The summed E-state index contributed by atoms with van der Waals surface area (Å²) in [5, 5.41) is 3.38. The number of amides is 1. The summed E-state index contributed by atoms with van der Waals surface area (Å²) in [4.78, 5) is 11.4. The fourth-order valence-corrected chi connectivity index (χ4v) is 1.47. The van der Waals surface area contributed by atoms with Crippen molar-refractivity contribution in [1.29, 1.82) is 0 Å². The Kier molecular flexibility index (Phi) is 4.90. The highest BCUT2D eigenvalue weighted by Gasteiger charge is 2.15.